The van der Waals surface area contributed by atoms with Crippen LogP contribution in [-0.2, 0) is 11.3 Å². The molecule has 1 amide bonds. The molecule has 32 heavy (non-hydrogen) atoms. The molecule has 1 aliphatic heterocycles. The summed E-state index contributed by atoms with van der Waals surface area (Å²) in [6, 6.07) is 7.04. The molecule has 0 unspecified atom stereocenters. The maximum absolute atomic E-state index is 13.5. The average molecular weight is 458 g/mol. The van der Waals surface area contributed by atoms with E-state index < -0.39 is 23.4 Å². The van der Waals surface area contributed by atoms with Gasteiger partial charge in [-0.15, -0.1) is 0 Å². The second kappa shape index (κ2) is 8.46. The van der Waals surface area contributed by atoms with E-state index in [0.717, 1.165) is 28.4 Å². The quantitative estimate of drug-likeness (QED) is 0.358. The lowest BCUT2D eigenvalue weighted by Crippen LogP contribution is -2.30. The van der Waals surface area contributed by atoms with Crippen LogP contribution in [0.5, 0.6) is 5.75 Å². The van der Waals surface area contributed by atoms with Gasteiger partial charge in [-0.25, -0.2) is 18.2 Å². The third-order valence-corrected chi connectivity index (χ3v) is 5.17. The lowest BCUT2D eigenvalue weighted by Gasteiger charge is -2.14. The molecule has 0 saturated carbocycles. The first-order chi connectivity index (χ1) is 15.3. The molecule has 1 aliphatic rings. The Morgan fingerprint density at radius 3 is 2.53 bits per heavy atom. The number of carbonyl (C=O) groups excluding carboxylic acids is 1. The van der Waals surface area contributed by atoms with Crippen molar-refractivity contribution in [2.24, 2.45) is 0 Å². The van der Waals surface area contributed by atoms with Crippen molar-refractivity contribution in [3.63, 3.8) is 0 Å². The minimum Gasteiger partial charge on any atom is -0.495 e. The predicted octanol–water partition coefficient (Wildman–Crippen LogP) is 3.86. The summed E-state index contributed by atoms with van der Waals surface area (Å²) >= 11 is 5.19. The molecule has 0 aliphatic carbocycles. The molecule has 0 bridgehead atoms. The van der Waals surface area contributed by atoms with E-state index in [9.17, 15) is 18.0 Å². The van der Waals surface area contributed by atoms with Crippen LogP contribution >= 0.6 is 12.2 Å². The number of rotatable bonds is 5. The number of ether oxygens (including phenoxy) is 1. The minimum absolute atomic E-state index is 0.0711. The average Bonchev–Trinajstić information content (AvgIpc) is 3.30. The summed E-state index contributed by atoms with van der Waals surface area (Å²) in [5.41, 5.74) is 2.56. The molecule has 3 aromatic rings. The number of aromatic nitrogens is 2. The van der Waals surface area contributed by atoms with E-state index in [1.165, 1.54) is 7.11 Å². The van der Waals surface area contributed by atoms with Crippen molar-refractivity contribution in [2.45, 2.75) is 13.5 Å². The van der Waals surface area contributed by atoms with Gasteiger partial charge in [-0.05, 0) is 60.6 Å². The van der Waals surface area contributed by atoms with Crippen LogP contribution in [0.3, 0.4) is 0 Å². The number of hydrogen-bond acceptors (Lipinski definition) is 4. The summed E-state index contributed by atoms with van der Waals surface area (Å²) in [5.74, 6) is -4.14. The first-order valence-electron chi connectivity index (χ1n) is 9.44. The lowest BCUT2D eigenvalue weighted by molar-refractivity contribution is -0.122. The van der Waals surface area contributed by atoms with Gasteiger partial charge in [-0.3, -0.25) is 9.69 Å². The van der Waals surface area contributed by atoms with Gasteiger partial charge in [0.05, 0.1) is 31.4 Å². The third-order valence-electron chi connectivity index (χ3n) is 4.85. The zero-order valence-electron chi connectivity index (χ0n) is 17.0. The Balaban J connectivity index is 1.59. The monoisotopic (exact) mass is 458 g/mol. The van der Waals surface area contributed by atoms with E-state index in [-0.39, 0.29) is 22.9 Å². The fraction of sp³-hybridized carbons (Fsp3) is 0.136. The Bertz CT molecular complexity index is 1250. The van der Waals surface area contributed by atoms with Crippen molar-refractivity contribution in [2.75, 3.05) is 7.11 Å². The van der Waals surface area contributed by atoms with Gasteiger partial charge in [0.25, 0.3) is 5.91 Å². The van der Waals surface area contributed by atoms with E-state index in [1.807, 2.05) is 23.8 Å². The summed E-state index contributed by atoms with van der Waals surface area (Å²) in [5, 5.41) is 2.87. The number of thiocarbonyl (C=S) groups is 1. The molecule has 10 heteroatoms. The molecule has 6 nitrogen and oxygen atoms in total. The summed E-state index contributed by atoms with van der Waals surface area (Å²) < 4.78 is 47.5. The number of amides is 1. The number of imidazole rings is 1. The molecule has 2 heterocycles. The Morgan fingerprint density at radius 2 is 1.91 bits per heavy atom. The number of aryl methyl sites for hydroxylation is 1. The summed E-state index contributed by atoms with van der Waals surface area (Å²) in [4.78, 5) is 18.2. The van der Waals surface area contributed by atoms with E-state index in [4.69, 9.17) is 17.0 Å². The smallest absolute Gasteiger partial charge is 0.276 e. The third kappa shape index (κ3) is 4.09. The molecule has 164 valence electrons. The molecule has 1 N–H and O–H groups in total. The van der Waals surface area contributed by atoms with Crippen LogP contribution in [0.1, 0.15) is 16.8 Å². The van der Waals surface area contributed by atoms with Crippen LogP contribution in [0, 0.1) is 24.4 Å². The number of carbonyl (C=O) groups is 1. The SMILES string of the molecule is COc1cc(/C=C2\NC(=S)N(Cc3cc(F)c(F)c(F)c3)C2=O)ccc1-n1cnc(C)c1. The molecule has 0 atom stereocenters. The number of halogens is 3. The van der Waals surface area contributed by atoms with Gasteiger partial charge in [-0.1, -0.05) is 6.07 Å². The number of benzene rings is 2. The van der Waals surface area contributed by atoms with Gasteiger partial charge in [-0.2, -0.15) is 0 Å². The Hall–Kier alpha value is -3.66. The van der Waals surface area contributed by atoms with Gasteiger partial charge in [0, 0.05) is 6.20 Å². The number of nitrogens with one attached hydrogen (secondary N) is 1. The van der Waals surface area contributed by atoms with Crippen LogP contribution in [0.2, 0.25) is 0 Å². The molecule has 1 fully saturated rings. The van der Waals surface area contributed by atoms with E-state index in [2.05, 4.69) is 10.3 Å². The fourth-order valence-electron chi connectivity index (χ4n) is 3.31. The van der Waals surface area contributed by atoms with E-state index >= 15 is 0 Å². The normalized spacial score (nSPS) is 14.9. The highest BCUT2D eigenvalue weighted by atomic mass is 32.1. The summed E-state index contributed by atoms with van der Waals surface area (Å²) in [6.07, 6.45) is 5.12. The minimum atomic E-state index is -1.56. The molecular weight excluding hydrogens is 441 g/mol. The van der Waals surface area contributed by atoms with Crippen molar-refractivity contribution in [1.29, 1.82) is 0 Å². The highest BCUT2D eigenvalue weighted by Gasteiger charge is 2.31. The van der Waals surface area contributed by atoms with Crippen molar-refractivity contribution in [3.8, 4) is 11.4 Å². The van der Waals surface area contributed by atoms with Crippen LogP contribution < -0.4 is 10.1 Å². The Labute approximate surface area is 186 Å². The van der Waals surface area contributed by atoms with E-state index in [0.29, 0.717) is 11.3 Å². The number of nitrogens with zero attached hydrogens (tertiary/aromatic N) is 3. The van der Waals surface area contributed by atoms with Gasteiger partial charge in [0.1, 0.15) is 11.4 Å². The Morgan fingerprint density at radius 1 is 1.19 bits per heavy atom. The second-order valence-corrected chi connectivity index (χ2v) is 7.49. The first kappa shape index (κ1) is 21.6. The van der Waals surface area contributed by atoms with Crippen LogP contribution in [-0.4, -0.2) is 32.6 Å². The van der Waals surface area contributed by atoms with E-state index in [1.54, 1.807) is 24.5 Å². The Kier molecular flexibility index (Phi) is 5.70. The summed E-state index contributed by atoms with van der Waals surface area (Å²) in [6.45, 7) is 1.67. The van der Waals surface area contributed by atoms with Crippen LogP contribution in [0.25, 0.3) is 11.8 Å². The van der Waals surface area contributed by atoms with Gasteiger partial charge in [0.2, 0.25) is 0 Å². The first-order valence-corrected chi connectivity index (χ1v) is 9.84. The number of hydrogen-bond donors (Lipinski definition) is 1. The van der Waals surface area contributed by atoms with Crippen molar-refractivity contribution < 1.29 is 22.7 Å². The molecule has 2 aromatic carbocycles. The highest BCUT2D eigenvalue weighted by molar-refractivity contribution is 7.80. The van der Waals surface area contributed by atoms with Crippen molar-refractivity contribution in [3.05, 3.63) is 82.8 Å². The molecule has 4 rings (SSSR count). The molecule has 1 aromatic heterocycles. The fourth-order valence-corrected chi connectivity index (χ4v) is 3.57. The van der Waals surface area contributed by atoms with Crippen LogP contribution in [0.4, 0.5) is 13.2 Å². The zero-order valence-corrected chi connectivity index (χ0v) is 17.8. The maximum Gasteiger partial charge on any atom is 0.276 e. The molecular formula is C22H17F3N4O2S. The lowest BCUT2D eigenvalue weighted by atomic mass is 10.1. The van der Waals surface area contributed by atoms with Gasteiger partial charge in [0.15, 0.2) is 22.6 Å². The molecule has 0 radical (unpaired) electrons. The molecule has 0 spiro atoms. The second-order valence-electron chi connectivity index (χ2n) is 7.11. The largest absolute Gasteiger partial charge is 0.495 e. The van der Waals surface area contributed by atoms with Gasteiger partial charge < -0.3 is 14.6 Å². The maximum atomic E-state index is 13.5. The van der Waals surface area contributed by atoms with Crippen molar-refractivity contribution in [1.82, 2.24) is 19.8 Å². The molecule has 1 saturated heterocycles. The highest BCUT2D eigenvalue weighted by Crippen LogP contribution is 2.26. The van der Waals surface area contributed by atoms with Crippen LogP contribution in [0.15, 0.2) is 48.6 Å². The van der Waals surface area contributed by atoms with Gasteiger partial charge >= 0.3 is 0 Å². The standard InChI is InChI=1S/C22H17F3N4O2S/c1-12-9-28(11-26-12)18-4-3-13(8-19(18)31-2)7-17-21(30)29(22(32)27-17)10-14-5-15(23)20(25)16(24)6-14/h3-9,11H,10H2,1-2H3,(H,27,32)/b17-7-. The number of methoxy groups -OCH3 is 1. The summed E-state index contributed by atoms with van der Waals surface area (Å²) in [7, 11) is 1.54. The zero-order chi connectivity index (χ0) is 23.0. The topological polar surface area (TPSA) is 59.4 Å². The van der Waals surface area contributed by atoms with Crippen molar-refractivity contribution >= 4 is 29.3 Å². The predicted molar refractivity (Wildman–Crippen MR) is 115 cm³/mol.